The highest BCUT2D eigenvalue weighted by atomic mass is 19.2. The Hall–Kier alpha value is -3.02. The molecule has 0 bridgehead atoms. The summed E-state index contributed by atoms with van der Waals surface area (Å²) in [5.74, 6) is -1.67. The van der Waals surface area contributed by atoms with Crippen LogP contribution in [0.3, 0.4) is 0 Å². The van der Waals surface area contributed by atoms with E-state index in [0.29, 0.717) is 24.7 Å². The molecule has 3 nitrogen and oxygen atoms in total. The first-order valence-electron chi connectivity index (χ1n) is 12.3. The molecule has 3 aromatic rings. The van der Waals surface area contributed by atoms with Gasteiger partial charge in [0, 0.05) is 18.4 Å². The molecule has 1 spiro atoms. The molecule has 0 atom stereocenters. The number of hydrogen-bond acceptors (Lipinski definition) is 3. The fourth-order valence-corrected chi connectivity index (χ4v) is 4.96. The van der Waals surface area contributed by atoms with Gasteiger partial charge in [0.25, 0.3) is 0 Å². The van der Waals surface area contributed by atoms with Gasteiger partial charge in [-0.1, -0.05) is 60.7 Å². The molecule has 5 heteroatoms. The molecule has 1 aliphatic carbocycles. The summed E-state index contributed by atoms with van der Waals surface area (Å²) in [7, 11) is 0. The fourth-order valence-electron chi connectivity index (χ4n) is 4.96. The predicted molar refractivity (Wildman–Crippen MR) is 134 cm³/mol. The summed E-state index contributed by atoms with van der Waals surface area (Å²) in [5.41, 5.74) is 4.09. The molecule has 35 heavy (non-hydrogen) atoms. The zero-order valence-corrected chi connectivity index (χ0v) is 19.9. The van der Waals surface area contributed by atoms with Crippen LogP contribution in [0.1, 0.15) is 38.2 Å². The topological polar surface area (TPSA) is 27.7 Å². The lowest BCUT2D eigenvalue weighted by Gasteiger charge is -2.34. The number of halogens is 2. The van der Waals surface area contributed by atoms with Gasteiger partial charge >= 0.3 is 0 Å². The Bertz CT molecular complexity index is 1170. The van der Waals surface area contributed by atoms with Crippen molar-refractivity contribution in [3.63, 3.8) is 0 Å². The van der Waals surface area contributed by atoms with E-state index in [4.69, 9.17) is 14.2 Å². The minimum Gasteiger partial charge on any atom is -0.491 e. The Balaban J connectivity index is 1.23. The lowest BCUT2D eigenvalue weighted by molar-refractivity contribution is -0.180. The number of hydrogen-bond donors (Lipinski definition) is 0. The zero-order chi connectivity index (χ0) is 24.3. The van der Waals surface area contributed by atoms with Crippen LogP contribution in [-0.4, -0.2) is 25.6 Å². The maximum atomic E-state index is 14.5. The number of allylic oxidation sites excluding steroid dienone is 1. The molecule has 0 aromatic heterocycles. The second-order valence-corrected chi connectivity index (χ2v) is 9.18. The maximum Gasteiger partial charge on any atom is 0.201 e. The second-order valence-electron chi connectivity index (χ2n) is 9.18. The van der Waals surface area contributed by atoms with Gasteiger partial charge < -0.3 is 14.2 Å². The molecule has 182 valence electrons. The highest BCUT2D eigenvalue weighted by Gasteiger charge is 2.39. The molecule has 1 aliphatic heterocycles. The Kier molecular flexibility index (Phi) is 6.98. The second kappa shape index (κ2) is 10.3. The van der Waals surface area contributed by atoms with Crippen molar-refractivity contribution < 1.29 is 23.0 Å². The monoisotopic (exact) mass is 476 g/mol. The molecule has 1 saturated heterocycles. The molecule has 1 heterocycles. The zero-order valence-electron chi connectivity index (χ0n) is 19.9. The normalized spacial score (nSPS) is 17.9. The van der Waals surface area contributed by atoms with Crippen molar-refractivity contribution in [1.29, 1.82) is 0 Å². The van der Waals surface area contributed by atoms with Crippen molar-refractivity contribution in [2.45, 2.75) is 38.4 Å². The molecule has 3 aromatic carbocycles. The average Bonchev–Trinajstić information content (AvgIpc) is 3.35. The summed E-state index contributed by atoms with van der Waals surface area (Å²) >= 11 is 0. The molecule has 5 rings (SSSR count). The molecule has 2 fully saturated rings. The van der Waals surface area contributed by atoms with Crippen LogP contribution in [0.25, 0.3) is 28.3 Å². The van der Waals surface area contributed by atoms with Gasteiger partial charge in [-0.25, -0.2) is 4.39 Å². The SMILES string of the molecule is CCOc1ccc(-c2ccc(-c3ccc(/C=C/C4CCC5(CC4)OCCO5)cc3)cc2)c(F)c1F. The lowest BCUT2D eigenvalue weighted by atomic mass is 9.84. The predicted octanol–water partition coefficient (Wildman–Crippen LogP) is 7.64. The minimum absolute atomic E-state index is 0.0660. The van der Waals surface area contributed by atoms with Gasteiger partial charge in [-0.3, -0.25) is 0 Å². The summed E-state index contributed by atoms with van der Waals surface area (Å²) in [6.07, 6.45) is 8.58. The van der Waals surface area contributed by atoms with E-state index in [2.05, 4.69) is 36.4 Å². The van der Waals surface area contributed by atoms with Crippen LogP contribution in [0.2, 0.25) is 0 Å². The standard InChI is InChI=1S/C30H30F2O3/c1-2-33-27-14-13-26(28(31)29(27)32)25-11-9-24(10-12-25)23-7-5-21(6-8-23)3-4-22-15-17-30(18-16-22)34-19-20-35-30/h3-14,22H,2,15-20H2,1H3/b4-3+. The minimum atomic E-state index is -0.954. The number of rotatable bonds is 6. The smallest absolute Gasteiger partial charge is 0.201 e. The van der Waals surface area contributed by atoms with Gasteiger partial charge in [0.15, 0.2) is 17.4 Å². The highest BCUT2D eigenvalue weighted by molar-refractivity contribution is 5.72. The summed E-state index contributed by atoms with van der Waals surface area (Å²) < 4.78 is 45.6. The van der Waals surface area contributed by atoms with E-state index in [0.717, 1.165) is 42.4 Å². The third kappa shape index (κ3) is 5.16. The Morgan fingerprint density at radius 1 is 0.829 bits per heavy atom. The number of ether oxygens (including phenoxy) is 3. The molecular formula is C30H30F2O3. The first-order chi connectivity index (χ1) is 17.1. The lowest BCUT2D eigenvalue weighted by Crippen LogP contribution is -2.34. The third-order valence-electron chi connectivity index (χ3n) is 6.95. The van der Waals surface area contributed by atoms with E-state index in [1.165, 1.54) is 6.07 Å². The summed E-state index contributed by atoms with van der Waals surface area (Å²) in [4.78, 5) is 0. The summed E-state index contributed by atoms with van der Waals surface area (Å²) in [6, 6.07) is 18.9. The van der Waals surface area contributed by atoms with E-state index < -0.39 is 11.6 Å². The summed E-state index contributed by atoms with van der Waals surface area (Å²) in [6.45, 7) is 3.45. The van der Waals surface area contributed by atoms with Crippen LogP contribution >= 0.6 is 0 Å². The molecule has 0 unspecified atom stereocenters. The van der Waals surface area contributed by atoms with Crippen LogP contribution in [-0.2, 0) is 9.47 Å². The molecular weight excluding hydrogens is 446 g/mol. The molecule has 0 radical (unpaired) electrons. The molecule has 1 saturated carbocycles. The van der Waals surface area contributed by atoms with Crippen molar-refractivity contribution in [2.75, 3.05) is 19.8 Å². The Morgan fingerprint density at radius 3 is 2.06 bits per heavy atom. The first-order valence-corrected chi connectivity index (χ1v) is 12.3. The van der Waals surface area contributed by atoms with Crippen LogP contribution in [0.5, 0.6) is 5.75 Å². The van der Waals surface area contributed by atoms with Gasteiger partial charge in [-0.15, -0.1) is 0 Å². The van der Waals surface area contributed by atoms with Crippen LogP contribution < -0.4 is 4.74 Å². The largest absolute Gasteiger partial charge is 0.491 e. The number of benzene rings is 3. The van der Waals surface area contributed by atoms with E-state index in [1.54, 1.807) is 13.0 Å². The van der Waals surface area contributed by atoms with Crippen molar-refractivity contribution in [3.8, 4) is 28.0 Å². The Labute approximate surface area is 205 Å². The average molecular weight is 477 g/mol. The summed E-state index contributed by atoms with van der Waals surface area (Å²) in [5, 5.41) is 0. The van der Waals surface area contributed by atoms with Crippen LogP contribution in [0.4, 0.5) is 8.78 Å². The van der Waals surface area contributed by atoms with Gasteiger partial charge in [-0.05, 0) is 60.1 Å². The van der Waals surface area contributed by atoms with Crippen molar-refractivity contribution in [3.05, 3.63) is 83.9 Å². The first kappa shape index (κ1) is 23.7. The van der Waals surface area contributed by atoms with E-state index in [1.807, 2.05) is 24.3 Å². The molecule has 0 amide bonds. The van der Waals surface area contributed by atoms with Crippen molar-refractivity contribution >= 4 is 6.08 Å². The van der Waals surface area contributed by atoms with Gasteiger partial charge in [0.05, 0.1) is 19.8 Å². The highest BCUT2D eigenvalue weighted by Crippen LogP contribution is 2.39. The van der Waals surface area contributed by atoms with E-state index in [9.17, 15) is 8.78 Å². The van der Waals surface area contributed by atoms with Crippen LogP contribution in [0.15, 0.2) is 66.7 Å². The Morgan fingerprint density at radius 2 is 1.43 bits per heavy atom. The van der Waals surface area contributed by atoms with Crippen LogP contribution in [0, 0.1) is 17.6 Å². The van der Waals surface area contributed by atoms with Crippen molar-refractivity contribution in [2.24, 2.45) is 5.92 Å². The molecule has 2 aliphatic rings. The van der Waals surface area contributed by atoms with Gasteiger partial charge in [0.1, 0.15) is 0 Å². The molecule has 0 N–H and O–H groups in total. The van der Waals surface area contributed by atoms with E-state index in [-0.39, 0.29) is 23.7 Å². The quantitative estimate of drug-likeness (QED) is 0.366. The maximum absolute atomic E-state index is 14.5. The van der Waals surface area contributed by atoms with Crippen molar-refractivity contribution in [1.82, 2.24) is 0 Å². The third-order valence-corrected chi connectivity index (χ3v) is 6.95. The van der Waals surface area contributed by atoms with E-state index >= 15 is 0 Å². The van der Waals surface area contributed by atoms with Gasteiger partial charge in [-0.2, -0.15) is 4.39 Å². The fraction of sp³-hybridized carbons (Fsp3) is 0.333. The van der Waals surface area contributed by atoms with Gasteiger partial charge in [0.2, 0.25) is 5.82 Å².